The summed E-state index contributed by atoms with van der Waals surface area (Å²) in [5.41, 5.74) is 12.0. The first-order valence-electron chi connectivity index (χ1n) is 6.26. The lowest BCUT2D eigenvalue weighted by atomic mass is 9.93. The number of amides is 2. The first kappa shape index (κ1) is 13.9. The van der Waals surface area contributed by atoms with Crippen LogP contribution in [0.2, 0.25) is 0 Å². The van der Waals surface area contributed by atoms with Crippen LogP contribution >= 0.6 is 0 Å². The van der Waals surface area contributed by atoms with Crippen LogP contribution in [0.4, 0.5) is 5.69 Å². The summed E-state index contributed by atoms with van der Waals surface area (Å²) in [5.74, 6) is -0.756. The summed E-state index contributed by atoms with van der Waals surface area (Å²) in [5, 5.41) is 3.55. The third kappa shape index (κ3) is 2.59. The maximum Gasteiger partial charge on any atom is 0.267 e. The van der Waals surface area contributed by atoms with Crippen molar-refractivity contribution in [1.82, 2.24) is 10.3 Å². The van der Waals surface area contributed by atoms with Crippen LogP contribution in [0.5, 0.6) is 0 Å². The van der Waals surface area contributed by atoms with Gasteiger partial charge in [-0.3, -0.25) is 9.59 Å². The number of aromatic amines is 1. The van der Waals surface area contributed by atoms with Crippen LogP contribution in [0.25, 0.3) is 10.9 Å². The molecule has 0 atom stereocenters. The van der Waals surface area contributed by atoms with E-state index in [0.717, 1.165) is 10.9 Å². The molecule has 2 rings (SSSR count). The molecule has 6 heteroatoms. The number of carbonyl (C=O) groups is 2. The predicted molar refractivity (Wildman–Crippen MR) is 78.0 cm³/mol. The van der Waals surface area contributed by atoms with E-state index in [1.54, 1.807) is 26.0 Å². The predicted octanol–water partition coefficient (Wildman–Crippen LogP) is 0.991. The van der Waals surface area contributed by atoms with Crippen molar-refractivity contribution in [3.63, 3.8) is 0 Å². The highest BCUT2D eigenvalue weighted by atomic mass is 16.2. The molecule has 0 unspecified atom stereocenters. The number of para-hydroxylation sites is 1. The standard InChI is InChI=1S/C14H18N4O2/c1-14(2,13(16)20)7-17-12(19)10-6-8-4-3-5-9(15)11(8)18-10/h3-6,18H,7,15H2,1-2H3,(H2,16,20)(H,17,19). The number of hydrogen-bond acceptors (Lipinski definition) is 3. The molecule has 6 N–H and O–H groups in total. The summed E-state index contributed by atoms with van der Waals surface area (Å²) in [7, 11) is 0. The van der Waals surface area contributed by atoms with Gasteiger partial charge in [0, 0.05) is 11.9 Å². The average molecular weight is 274 g/mol. The molecule has 0 aliphatic rings. The third-order valence-corrected chi connectivity index (χ3v) is 3.29. The minimum absolute atomic E-state index is 0.173. The molecule has 0 bridgehead atoms. The van der Waals surface area contributed by atoms with Crippen LogP contribution in [0.3, 0.4) is 0 Å². The number of primary amides is 1. The lowest BCUT2D eigenvalue weighted by Crippen LogP contribution is -2.42. The van der Waals surface area contributed by atoms with E-state index in [9.17, 15) is 9.59 Å². The van der Waals surface area contributed by atoms with Gasteiger partial charge in [-0.1, -0.05) is 12.1 Å². The van der Waals surface area contributed by atoms with Crippen molar-refractivity contribution in [3.05, 3.63) is 30.0 Å². The second-order valence-corrected chi connectivity index (χ2v) is 5.43. The summed E-state index contributed by atoms with van der Waals surface area (Å²) < 4.78 is 0. The molecule has 2 amide bonds. The fourth-order valence-electron chi connectivity index (χ4n) is 1.79. The number of rotatable bonds is 4. The number of carbonyl (C=O) groups excluding carboxylic acids is 2. The number of nitrogens with one attached hydrogen (secondary N) is 2. The molecule has 106 valence electrons. The van der Waals surface area contributed by atoms with Crippen LogP contribution in [-0.4, -0.2) is 23.3 Å². The number of aromatic nitrogens is 1. The van der Waals surface area contributed by atoms with Crippen LogP contribution in [0.15, 0.2) is 24.3 Å². The molecule has 1 aromatic carbocycles. The summed E-state index contributed by atoms with van der Waals surface area (Å²) >= 11 is 0. The van der Waals surface area contributed by atoms with E-state index >= 15 is 0 Å². The van der Waals surface area contributed by atoms with Gasteiger partial charge in [0.15, 0.2) is 0 Å². The molecule has 0 aliphatic heterocycles. The van der Waals surface area contributed by atoms with Gasteiger partial charge in [0.1, 0.15) is 5.69 Å². The van der Waals surface area contributed by atoms with E-state index in [1.165, 1.54) is 0 Å². The Hall–Kier alpha value is -2.50. The Bertz CT molecular complexity index is 673. The van der Waals surface area contributed by atoms with Crippen molar-refractivity contribution in [2.75, 3.05) is 12.3 Å². The van der Waals surface area contributed by atoms with Crippen LogP contribution in [0, 0.1) is 5.41 Å². The lowest BCUT2D eigenvalue weighted by Gasteiger charge is -2.20. The molecule has 6 nitrogen and oxygen atoms in total. The van der Waals surface area contributed by atoms with E-state index in [0.29, 0.717) is 11.4 Å². The normalized spacial score (nSPS) is 11.5. The number of hydrogen-bond donors (Lipinski definition) is 4. The van der Waals surface area contributed by atoms with E-state index in [1.807, 2.05) is 12.1 Å². The average Bonchev–Trinajstić information content (AvgIpc) is 2.81. The van der Waals surface area contributed by atoms with Crippen LogP contribution in [0.1, 0.15) is 24.3 Å². The van der Waals surface area contributed by atoms with E-state index < -0.39 is 11.3 Å². The first-order chi connectivity index (χ1) is 9.31. The molecule has 1 heterocycles. The van der Waals surface area contributed by atoms with Gasteiger partial charge in [-0.15, -0.1) is 0 Å². The van der Waals surface area contributed by atoms with E-state index in [4.69, 9.17) is 11.5 Å². The third-order valence-electron chi connectivity index (χ3n) is 3.29. The number of nitrogens with two attached hydrogens (primary N) is 2. The Morgan fingerprint density at radius 2 is 2.05 bits per heavy atom. The maximum atomic E-state index is 12.1. The molecule has 2 aromatic rings. The number of fused-ring (bicyclic) bond motifs is 1. The zero-order chi connectivity index (χ0) is 14.9. The summed E-state index contributed by atoms with van der Waals surface area (Å²) in [6.45, 7) is 3.53. The fourth-order valence-corrected chi connectivity index (χ4v) is 1.79. The van der Waals surface area contributed by atoms with Crippen molar-refractivity contribution in [1.29, 1.82) is 0 Å². The highest BCUT2D eigenvalue weighted by Gasteiger charge is 2.25. The van der Waals surface area contributed by atoms with Crippen LogP contribution in [-0.2, 0) is 4.79 Å². The molecule has 0 aliphatic carbocycles. The zero-order valence-electron chi connectivity index (χ0n) is 11.5. The van der Waals surface area contributed by atoms with Gasteiger partial charge in [0.2, 0.25) is 5.91 Å². The van der Waals surface area contributed by atoms with E-state index in [2.05, 4.69) is 10.3 Å². The number of anilines is 1. The van der Waals surface area contributed by atoms with Crippen molar-refractivity contribution in [2.24, 2.45) is 11.1 Å². The molecule has 0 fully saturated rings. The zero-order valence-corrected chi connectivity index (χ0v) is 11.5. The van der Waals surface area contributed by atoms with Gasteiger partial charge in [-0.2, -0.15) is 0 Å². The summed E-state index contributed by atoms with van der Waals surface area (Å²) in [4.78, 5) is 26.2. The highest BCUT2D eigenvalue weighted by molar-refractivity contribution is 6.01. The second kappa shape index (κ2) is 4.88. The smallest absolute Gasteiger partial charge is 0.267 e. The molecule has 0 saturated carbocycles. The fraction of sp³-hybridized carbons (Fsp3) is 0.286. The molecular formula is C14H18N4O2. The largest absolute Gasteiger partial charge is 0.397 e. The Labute approximate surface area is 116 Å². The monoisotopic (exact) mass is 274 g/mol. The topological polar surface area (TPSA) is 114 Å². The van der Waals surface area contributed by atoms with Gasteiger partial charge in [0.05, 0.1) is 16.6 Å². The number of nitrogen functional groups attached to an aromatic ring is 1. The Kier molecular flexibility index (Phi) is 3.40. The number of H-pyrrole nitrogens is 1. The quantitative estimate of drug-likeness (QED) is 0.623. The molecule has 20 heavy (non-hydrogen) atoms. The molecule has 0 radical (unpaired) electrons. The van der Waals surface area contributed by atoms with Crippen molar-refractivity contribution >= 4 is 28.4 Å². The van der Waals surface area contributed by atoms with Gasteiger partial charge >= 0.3 is 0 Å². The summed E-state index contributed by atoms with van der Waals surface area (Å²) in [6, 6.07) is 7.17. The Balaban J connectivity index is 2.16. The lowest BCUT2D eigenvalue weighted by molar-refractivity contribution is -0.125. The molecule has 1 aromatic heterocycles. The first-order valence-corrected chi connectivity index (χ1v) is 6.26. The second-order valence-electron chi connectivity index (χ2n) is 5.43. The molecule has 0 spiro atoms. The van der Waals surface area contributed by atoms with Crippen molar-refractivity contribution < 1.29 is 9.59 Å². The summed E-state index contributed by atoms with van der Waals surface area (Å²) in [6.07, 6.45) is 0. The number of benzene rings is 1. The van der Waals surface area contributed by atoms with E-state index in [-0.39, 0.29) is 12.5 Å². The van der Waals surface area contributed by atoms with Gasteiger partial charge in [-0.25, -0.2) is 0 Å². The molecule has 0 saturated heterocycles. The molecular weight excluding hydrogens is 256 g/mol. The van der Waals surface area contributed by atoms with Gasteiger partial charge in [-0.05, 0) is 26.0 Å². The Morgan fingerprint density at radius 1 is 1.35 bits per heavy atom. The van der Waals surface area contributed by atoms with Crippen LogP contribution < -0.4 is 16.8 Å². The minimum atomic E-state index is -0.791. The maximum absolute atomic E-state index is 12.1. The minimum Gasteiger partial charge on any atom is -0.397 e. The highest BCUT2D eigenvalue weighted by Crippen LogP contribution is 2.21. The van der Waals surface area contributed by atoms with Gasteiger partial charge in [0.25, 0.3) is 5.91 Å². The SMILES string of the molecule is CC(C)(CNC(=O)c1cc2cccc(N)c2[nH]1)C(N)=O. The van der Waals surface area contributed by atoms with Gasteiger partial charge < -0.3 is 21.8 Å². The van der Waals surface area contributed by atoms with Crippen molar-refractivity contribution in [3.8, 4) is 0 Å². The van der Waals surface area contributed by atoms with Crippen molar-refractivity contribution in [2.45, 2.75) is 13.8 Å². The Morgan fingerprint density at radius 3 is 2.65 bits per heavy atom.